The summed E-state index contributed by atoms with van der Waals surface area (Å²) in [5.41, 5.74) is 1.58. The highest BCUT2D eigenvalue weighted by atomic mass is 35.5. The molecule has 6 heteroatoms. The Morgan fingerprint density at radius 1 is 1.04 bits per heavy atom. The predicted octanol–water partition coefficient (Wildman–Crippen LogP) is 3.67. The van der Waals surface area contributed by atoms with E-state index in [1.807, 2.05) is 26.0 Å². The molecule has 0 bridgehead atoms. The minimum atomic E-state index is -0.852. The Balaban J connectivity index is 1.82. The summed E-state index contributed by atoms with van der Waals surface area (Å²) < 4.78 is 0. The molecule has 1 N–H and O–H groups in total. The number of benzene rings is 2. The van der Waals surface area contributed by atoms with Crippen molar-refractivity contribution in [1.29, 1.82) is 0 Å². The Bertz CT molecular complexity index is 844. The zero-order valence-electron chi connectivity index (χ0n) is 15.2. The van der Waals surface area contributed by atoms with Crippen LogP contribution in [0.3, 0.4) is 0 Å². The predicted molar refractivity (Wildman–Crippen MR) is 103 cm³/mol. The van der Waals surface area contributed by atoms with Gasteiger partial charge in [0.1, 0.15) is 6.04 Å². The van der Waals surface area contributed by atoms with Gasteiger partial charge in [-0.1, -0.05) is 56.1 Å². The smallest absolute Gasteiger partial charge is 0.262 e. The van der Waals surface area contributed by atoms with Crippen molar-refractivity contribution >= 4 is 29.3 Å². The third-order valence-electron chi connectivity index (χ3n) is 4.94. The number of rotatable bonds is 6. The van der Waals surface area contributed by atoms with Crippen LogP contribution in [-0.2, 0) is 11.3 Å². The molecule has 2 aromatic rings. The Hall–Kier alpha value is -2.66. The maximum atomic E-state index is 12.9. The Morgan fingerprint density at radius 2 is 1.59 bits per heavy atom. The lowest BCUT2D eigenvalue weighted by molar-refractivity contribution is -0.126. The molecule has 0 fully saturated rings. The van der Waals surface area contributed by atoms with Crippen LogP contribution in [0.1, 0.15) is 46.5 Å². The van der Waals surface area contributed by atoms with E-state index in [-0.39, 0.29) is 11.8 Å². The quantitative estimate of drug-likeness (QED) is 0.773. The van der Waals surface area contributed by atoms with E-state index in [1.54, 1.807) is 36.4 Å². The van der Waals surface area contributed by atoms with Crippen LogP contribution in [0.4, 0.5) is 0 Å². The van der Waals surface area contributed by atoms with Gasteiger partial charge in [0.25, 0.3) is 11.8 Å². The van der Waals surface area contributed by atoms with E-state index in [9.17, 15) is 14.4 Å². The minimum absolute atomic E-state index is 0.169. The van der Waals surface area contributed by atoms with Crippen molar-refractivity contribution in [2.24, 2.45) is 5.92 Å². The van der Waals surface area contributed by atoms with Crippen LogP contribution in [0.15, 0.2) is 48.5 Å². The summed E-state index contributed by atoms with van der Waals surface area (Å²) in [6.07, 6.45) is 0.659. The number of carbonyl (C=O) groups excluding carboxylic acids is 3. The summed E-state index contributed by atoms with van der Waals surface area (Å²) >= 11 is 5.88. The SMILES string of the molecule is CCC(C)C(C(=O)NCc1ccc(Cl)cc1)N1C(=O)c2ccccc2C1=O. The normalized spacial score (nSPS) is 15.4. The summed E-state index contributed by atoms with van der Waals surface area (Å²) in [7, 11) is 0. The maximum Gasteiger partial charge on any atom is 0.262 e. The standard InChI is InChI=1S/C21H21ClN2O3/c1-3-13(2)18(19(25)23-12-14-8-10-15(22)11-9-14)24-20(26)16-6-4-5-7-17(16)21(24)27/h4-11,13,18H,3,12H2,1-2H3,(H,23,25). The number of carbonyl (C=O) groups is 3. The zero-order valence-corrected chi connectivity index (χ0v) is 16.0. The second kappa shape index (κ2) is 7.92. The zero-order chi connectivity index (χ0) is 19.6. The van der Waals surface area contributed by atoms with Crippen molar-refractivity contribution in [1.82, 2.24) is 10.2 Å². The first-order valence-corrected chi connectivity index (χ1v) is 9.31. The Kier molecular flexibility index (Phi) is 5.61. The highest BCUT2D eigenvalue weighted by Gasteiger charge is 2.44. The van der Waals surface area contributed by atoms with E-state index >= 15 is 0 Å². The monoisotopic (exact) mass is 384 g/mol. The molecule has 0 saturated heterocycles. The first-order chi connectivity index (χ1) is 12.9. The molecule has 2 aromatic carbocycles. The maximum absolute atomic E-state index is 12.9. The first kappa shape index (κ1) is 19.1. The van der Waals surface area contributed by atoms with Gasteiger partial charge in [-0.25, -0.2) is 0 Å². The molecule has 140 valence electrons. The van der Waals surface area contributed by atoms with Crippen LogP contribution in [-0.4, -0.2) is 28.7 Å². The molecule has 0 aromatic heterocycles. The fourth-order valence-corrected chi connectivity index (χ4v) is 3.34. The molecule has 2 atom stereocenters. The van der Waals surface area contributed by atoms with Gasteiger partial charge in [-0.05, 0) is 35.7 Å². The molecule has 27 heavy (non-hydrogen) atoms. The summed E-state index contributed by atoms with van der Waals surface area (Å²) in [4.78, 5) is 39.6. The van der Waals surface area contributed by atoms with Crippen LogP contribution in [0, 0.1) is 5.92 Å². The molecule has 1 aliphatic heterocycles. The fourth-order valence-electron chi connectivity index (χ4n) is 3.21. The van der Waals surface area contributed by atoms with Gasteiger partial charge in [-0.2, -0.15) is 0 Å². The number of nitrogens with one attached hydrogen (secondary N) is 1. The number of nitrogens with zero attached hydrogens (tertiary/aromatic N) is 1. The molecule has 0 radical (unpaired) electrons. The van der Waals surface area contributed by atoms with Crippen LogP contribution in [0.25, 0.3) is 0 Å². The molecule has 2 unspecified atom stereocenters. The minimum Gasteiger partial charge on any atom is -0.350 e. The fraction of sp³-hybridized carbons (Fsp3) is 0.286. The first-order valence-electron chi connectivity index (χ1n) is 8.93. The average molecular weight is 385 g/mol. The van der Waals surface area contributed by atoms with Crippen molar-refractivity contribution in [2.75, 3.05) is 0 Å². The topological polar surface area (TPSA) is 66.5 Å². The van der Waals surface area contributed by atoms with Crippen molar-refractivity contribution in [3.63, 3.8) is 0 Å². The Morgan fingerprint density at radius 3 is 2.11 bits per heavy atom. The van der Waals surface area contributed by atoms with Gasteiger partial charge in [0.15, 0.2) is 0 Å². The summed E-state index contributed by atoms with van der Waals surface area (Å²) in [5.74, 6) is -1.34. The summed E-state index contributed by atoms with van der Waals surface area (Å²) in [5, 5.41) is 3.47. The summed E-state index contributed by atoms with van der Waals surface area (Å²) in [6, 6.07) is 13.0. The van der Waals surface area contributed by atoms with E-state index < -0.39 is 17.9 Å². The molecule has 0 aliphatic carbocycles. The van der Waals surface area contributed by atoms with Crippen LogP contribution < -0.4 is 5.32 Å². The van der Waals surface area contributed by atoms with E-state index in [4.69, 9.17) is 11.6 Å². The molecule has 0 spiro atoms. The van der Waals surface area contributed by atoms with Gasteiger partial charge in [-0.3, -0.25) is 19.3 Å². The van der Waals surface area contributed by atoms with E-state index in [1.165, 1.54) is 0 Å². The lowest BCUT2D eigenvalue weighted by Gasteiger charge is -2.29. The number of hydrogen-bond acceptors (Lipinski definition) is 3. The third kappa shape index (κ3) is 3.74. The highest BCUT2D eigenvalue weighted by molar-refractivity contribution is 6.30. The lowest BCUT2D eigenvalue weighted by atomic mass is 9.96. The van der Waals surface area contributed by atoms with Gasteiger partial charge in [0, 0.05) is 11.6 Å². The number of hydrogen-bond donors (Lipinski definition) is 1. The van der Waals surface area contributed by atoms with Gasteiger partial charge in [0.2, 0.25) is 5.91 Å². The second-order valence-electron chi connectivity index (χ2n) is 6.70. The number of halogens is 1. The van der Waals surface area contributed by atoms with Gasteiger partial charge in [-0.15, -0.1) is 0 Å². The summed E-state index contributed by atoms with van der Waals surface area (Å²) in [6.45, 7) is 4.10. The van der Waals surface area contributed by atoms with Crippen LogP contribution >= 0.6 is 11.6 Å². The van der Waals surface area contributed by atoms with Crippen LogP contribution in [0.5, 0.6) is 0 Å². The molecule has 0 saturated carbocycles. The van der Waals surface area contributed by atoms with E-state index in [2.05, 4.69) is 5.32 Å². The second-order valence-corrected chi connectivity index (χ2v) is 7.14. The molecular weight excluding hydrogens is 364 g/mol. The molecule has 5 nitrogen and oxygen atoms in total. The molecule has 3 amide bonds. The van der Waals surface area contributed by atoms with Gasteiger partial charge >= 0.3 is 0 Å². The highest BCUT2D eigenvalue weighted by Crippen LogP contribution is 2.28. The van der Waals surface area contributed by atoms with Crippen molar-refractivity contribution < 1.29 is 14.4 Å². The van der Waals surface area contributed by atoms with Crippen molar-refractivity contribution in [2.45, 2.75) is 32.9 Å². The molecule has 3 rings (SSSR count). The van der Waals surface area contributed by atoms with E-state index in [0.717, 1.165) is 10.5 Å². The molecule has 1 aliphatic rings. The van der Waals surface area contributed by atoms with Crippen molar-refractivity contribution in [3.05, 3.63) is 70.2 Å². The van der Waals surface area contributed by atoms with Crippen molar-refractivity contribution in [3.8, 4) is 0 Å². The number of imide groups is 1. The molecule has 1 heterocycles. The van der Waals surface area contributed by atoms with E-state index in [0.29, 0.717) is 29.1 Å². The van der Waals surface area contributed by atoms with Gasteiger partial charge < -0.3 is 5.32 Å². The third-order valence-corrected chi connectivity index (χ3v) is 5.19. The Labute approximate surface area is 163 Å². The molecular formula is C21H21ClN2O3. The number of amides is 3. The average Bonchev–Trinajstić information content (AvgIpc) is 2.93. The largest absolute Gasteiger partial charge is 0.350 e. The van der Waals surface area contributed by atoms with Gasteiger partial charge in [0.05, 0.1) is 11.1 Å². The number of fused-ring (bicyclic) bond motifs is 1. The van der Waals surface area contributed by atoms with Crippen LogP contribution in [0.2, 0.25) is 5.02 Å². The lowest BCUT2D eigenvalue weighted by Crippen LogP contribution is -2.52.